The summed E-state index contributed by atoms with van der Waals surface area (Å²) in [5.41, 5.74) is -2.07. The zero-order chi connectivity index (χ0) is 19.4. The van der Waals surface area contributed by atoms with Crippen molar-refractivity contribution in [3.63, 3.8) is 0 Å². The molecule has 27 heavy (non-hydrogen) atoms. The van der Waals surface area contributed by atoms with Gasteiger partial charge in [-0.15, -0.1) is 35.3 Å². The van der Waals surface area contributed by atoms with Gasteiger partial charge in [0.2, 0.25) is 0 Å². The third-order valence-electron chi connectivity index (χ3n) is 3.58. The minimum Gasteiger partial charge on any atom is -0.383 e. The van der Waals surface area contributed by atoms with Crippen molar-refractivity contribution in [2.75, 3.05) is 13.1 Å². The summed E-state index contributed by atoms with van der Waals surface area (Å²) in [5.74, 6) is 0.321. The van der Waals surface area contributed by atoms with Crippen molar-refractivity contribution < 1.29 is 18.3 Å². The summed E-state index contributed by atoms with van der Waals surface area (Å²) < 4.78 is 40.1. The lowest BCUT2D eigenvalue weighted by atomic mass is 10.1. The molecule has 1 unspecified atom stereocenters. The molecule has 2 rings (SSSR count). The Kier molecular flexibility index (Phi) is 8.54. The SMILES string of the molecule is CCNC(=NCc1cn(C)nc1C(F)(F)F)NCC(C)(O)c1cccs1.I. The van der Waals surface area contributed by atoms with Crippen LogP contribution in [0.4, 0.5) is 13.2 Å². The first-order chi connectivity index (χ1) is 12.1. The molecule has 0 bridgehead atoms. The zero-order valence-corrected chi connectivity index (χ0v) is 18.3. The van der Waals surface area contributed by atoms with Gasteiger partial charge in [0.1, 0.15) is 5.60 Å². The van der Waals surface area contributed by atoms with E-state index in [9.17, 15) is 18.3 Å². The Hall–Kier alpha value is -1.34. The van der Waals surface area contributed by atoms with Crippen molar-refractivity contribution in [3.8, 4) is 0 Å². The number of aromatic nitrogens is 2. The number of hydrogen-bond acceptors (Lipinski definition) is 4. The highest BCUT2D eigenvalue weighted by atomic mass is 127. The van der Waals surface area contributed by atoms with Crippen LogP contribution in [-0.4, -0.2) is 33.9 Å². The average Bonchev–Trinajstić information content (AvgIpc) is 3.19. The number of hydrogen-bond donors (Lipinski definition) is 3. The predicted molar refractivity (Wildman–Crippen MR) is 110 cm³/mol. The van der Waals surface area contributed by atoms with Gasteiger partial charge in [-0.2, -0.15) is 18.3 Å². The molecule has 0 aliphatic carbocycles. The fraction of sp³-hybridized carbons (Fsp3) is 0.500. The molecule has 0 saturated carbocycles. The van der Waals surface area contributed by atoms with Crippen LogP contribution in [0.2, 0.25) is 0 Å². The zero-order valence-electron chi connectivity index (χ0n) is 15.2. The van der Waals surface area contributed by atoms with Crippen LogP contribution in [0.1, 0.15) is 30.0 Å². The van der Waals surface area contributed by atoms with Gasteiger partial charge in [0.25, 0.3) is 0 Å². The third kappa shape index (κ3) is 6.64. The molecule has 3 N–H and O–H groups in total. The lowest BCUT2D eigenvalue weighted by molar-refractivity contribution is -0.142. The Morgan fingerprint density at radius 1 is 1.37 bits per heavy atom. The van der Waals surface area contributed by atoms with Gasteiger partial charge < -0.3 is 15.7 Å². The number of alkyl halides is 3. The molecular formula is C16H23F3IN5OS. The Labute approximate surface area is 176 Å². The Bertz CT molecular complexity index is 744. The van der Waals surface area contributed by atoms with E-state index in [-0.39, 0.29) is 42.6 Å². The molecule has 1 atom stereocenters. The fourth-order valence-electron chi connectivity index (χ4n) is 2.33. The first-order valence-corrected chi connectivity index (χ1v) is 8.89. The number of aliphatic imine (C=N–C) groups is 1. The van der Waals surface area contributed by atoms with Gasteiger partial charge in [0.05, 0.1) is 13.1 Å². The Balaban J connectivity index is 0.00000364. The highest BCUT2D eigenvalue weighted by Gasteiger charge is 2.36. The van der Waals surface area contributed by atoms with Gasteiger partial charge >= 0.3 is 6.18 Å². The smallest absolute Gasteiger partial charge is 0.383 e. The summed E-state index contributed by atoms with van der Waals surface area (Å²) in [6.45, 7) is 4.03. The van der Waals surface area contributed by atoms with Crippen LogP contribution in [0.3, 0.4) is 0 Å². The second-order valence-corrected chi connectivity index (χ2v) is 6.92. The highest BCUT2D eigenvalue weighted by molar-refractivity contribution is 14.0. The van der Waals surface area contributed by atoms with Gasteiger partial charge in [-0.1, -0.05) is 6.07 Å². The van der Waals surface area contributed by atoms with Crippen molar-refractivity contribution in [3.05, 3.63) is 39.8 Å². The second kappa shape index (κ2) is 9.73. The predicted octanol–water partition coefficient (Wildman–Crippen LogP) is 3.08. The molecule has 0 saturated heterocycles. The highest BCUT2D eigenvalue weighted by Crippen LogP contribution is 2.30. The summed E-state index contributed by atoms with van der Waals surface area (Å²) in [6, 6.07) is 3.66. The molecule has 0 spiro atoms. The molecule has 152 valence electrons. The van der Waals surface area contributed by atoms with E-state index in [1.165, 1.54) is 24.6 Å². The van der Waals surface area contributed by atoms with E-state index in [4.69, 9.17) is 0 Å². The Morgan fingerprint density at radius 3 is 2.63 bits per heavy atom. The van der Waals surface area contributed by atoms with Crippen molar-refractivity contribution in [2.45, 2.75) is 32.2 Å². The molecule has 0 amide bonds. The molecule has 2 aromatic rings. The van der Waals surface area contributed by atoms with E-state index in [0.717, 1.165) is 9.56 Å². The van der Waals surface area contributed by atoms with Crippen molar-refractivity contribution in [2.24, 2.45) is 12.0 Å². The molecule has 0 aliphatic heterocycles. The number of thiophene rings is 1. The third-order valence-corrected chi connectivity index (χ3v) is 4.70. The fourth-order valence-corrected chi connectivity index (χ4v) is 3.11. The Morgan fingerprint density at radius 2 is 2.07 bits per heavy atom. The molecule has 11 heteroatoms. The molecule has 0 aliphatic rings. The van der Waals surface area contributed by atoms with Crippen LogP contribution in [0.25, 0.3) is 0 Å². The first kappa shape index (κ1) is 23.7. The lowest BCUT2D eigenvalue weighted by Gasteiger charge is -2.23. The average molecular weight is 517 g/mol. The number of halogens is 4. The molecule has 2 aromatic heterocycles. The number of guanidine groups is 1. The molecule has 0 aromatic carbocycles. The van der Waals surface area contributed by atoms with Crippen LogP contribution in [0, 0.1) is 0 Å². The minimum absolute atomic E-state index is 0. The summed E-state index contributed by atoms with van der Waals surface area (Å²) in [7, 11) is 1.43. The van der Waals surface area contributed by atoms with E-state index < -0.39 is 17.5 Å². The quantitative estimate of drug-likeness (QED) is 0.313. The summed E-state index contributed by atoms with van der Waals surface area (Å²) >= 11 is 1.43. The van der Waals surface area contributed by atoms with E-state index in [1.807, 2.05) is 24.4 Å². The number of nitrogens with zero attached hydrogens (tertiary/aromatic N) is 3. The van der Waals surface area contributed by atoms with Crippen LogP contribution in [-0.2, 0) is 25.4 Å². The normalized spacial score (nSPS) is 14.4. The standard InChI is InChI=1S/C16H22F3N5OS.HI/c1-4-20-14(22-10-15(2,25)12-6-5-7-26-12)21-8-11-9-24(3)23-13(11)16(17,18)19;/h5-7,9,25H,4,8,10H2,1-3H3,(H2,20,21,22);1H. The largest absolute Gasteiger partial charge is 0.435 e. The number of rotatable bonds is 6. The summed E-state index contributed by atoms with van der Waals surface area (Å²) in [6.07, 6.45) is -3.22. The maximum absolute atomic E-state index is 13.0. The van der Waals surface area contributed by atoms with E-state index in [1.54, 1.807) is 6.92 Å². The van der Waals surface area contributed by atoms with Gasteiger partial charge in [0.15, 0.2) is 11.7 Å². The van der Waals surface area contributed by atoms with Crippen LogP contribution in [0.15, 0.2) is 28.7 Å². The maximum atomic E-state index is 13.0. The summed E-state index contributed by atoms with van der Waals surface area (Å²) in [4.78, 5) is 4.97. The molecule has 6 nitrogen and oxygen atoms in total. The molecule has 2 heterocycles. The first-order valence-electron chi connectivity index (χ1n) is 8.01. The topological polar surface area (TPSA) is 74.5 Å². The number of aliphatic hydroxyl groups is 1. The van der Waals surface area contributed by atoms with E-state index in [0.29, 0.717) is 12.5 Å². The van der Waals surface area contributed by atoms with Gasteiger partial charge in [-0.05, 0) is 25.3 Å². The lowest BCUT2D eigenvalue weighted by Crippen LogP contribution is -2.44. The van der Waals surface area contributed by atoms with E-state index >= 15 is 0 Å². The molecule has 0 radical (unpaired) electrons. The van der Waals surface area contributed by atoms with Crippen molar-refractivity contribution in [1.82, 2.24) is 20.4 Å². The van der Waals surface area contributed by atoms with Gasteiger partial charge in [-0.25, -0.2) is 4.99 Å². The van der Waals surface area contributed by atoms with Crippen LogP contribution < -0.4 is 10.6 Å². The molecule has 0 fully saturated rings. The van der Waals surface area contributed by atoms with E-state index in [2.05, 4.69) is 20.7 Å². The van der Waals surface area contributed by atoms with Gasteiger partial charge in [-0.3, -0.25) is 4.68 Å². The van der Waals surface area contributed by atoms with Gasteiger partial charge in [0, 0.05) is 30.2 Å². The molecular weight excluding hydrogens is 494 g/mol. The second-order valence-electron chi connectivity index (χ2n) is 5.97. The minimum atomic E-state index is -4.53. The van der Waals surface area contributed by atoms with Crippen LogP contribution in [0.5, 0.6) is 0 Å². The van der Waals surface area contributed by atoms with Crippen LogP contribution >= 0.6 is 35.3 Å². The number of nitrogens with one attached hydrogen (secondary N) is 2. The monoisotopic (exact) mass is 517 g/mol. The summed E-state index contributed by atoms with van der Waals surface area (Å²) in [5, 5.41) is 21.8. The maximum Gasteiger partial charge on any atom is 0.435 e. The van der Waals surface area contributed by atoms with Crippen molar-refractivity contribution in [1.29, 1.82) is 0 Å². The van der Waals surface area contributed by atoms with Crippen molar-refractivity contribution >= 4 is 41.3 Å². The number of aryl methyl sites for hydroxylation is 1.